The fraction of sp³-hybridized carbons (Fsp3) is 0.368. The highest BCUT2D eigenvalue weighted by atomic mass is 35.5. The maximum atomic E-state index is 5.92. The van der Waals surface area contributed by atoms with E-state index in [1.165, 1.54) is 0 Å². The van der Waals surface area contributed by atoms with E-state index in [1.807, 2.05) is 42.5 Å². The van der Waals surface area contributed by atoms with Gasteiger partial charge in [-0.05, 0) is 19.2 Å². The highest BCUT2D eigenvalue weighted by Gasteiger charge is 2.25. The van der Waals surface area contributed by atoms with Gasteiger partial charge in [-0.1, -0.05) is 35.5 Å². The molecule has 1 unspecified atom stereocenters. The predicted octanol–water partition coefficient (Wildman–Crippen LogP) is 3.11. The summed E-state index contributed by atoms with van der Waals surface area (Å²) >= 11 is 0. The van der Waals surface area contributed by atoms with E-state index in [9.17, 15) is 0 Å². The molecule has 4 rings (SSSR count). The zero-order valence-electron chi connectivity index (χ0n) is 14.7. The summed E-state index contributed by atoms with van der Waals surface area (Å²) in [6.45, 7) is 2.84. The van der Waals surface area contributed by atoms with Gasteiger partial charge in [0.2, 0.25) is 5.89 Å². The number of piperazine rings is 1. The molecule has 6 nitrogen and oxygen atoms in total. The van der Waals surface area contributed by atoms with Crippen molar-refractivity contribution in [1.82, 2.24) is 20.4 Å². The second-order valence-electron chi connectivity index (χ2n) is 6.38. The number of hydrogen-bond acceptors (Lipinski definition) is 6. The zero-order valence-corrected chi connectivity index (χ0v) is 15.5. The van der Waals surface area contributed by atoms with Gasteiger partial charge in [0.15, 0.2) is 5.82 Å². The lowest BCUT2D eigenvalue weighted by Crippen LogP contribution is -2.44. The number of hydrogen-bond donors (Lipinski definition) is 1. The van der Waals surface area contributed by atoms with Gasteiger partial charge in [0, 0.05) is 38.0 Å². The van der Waals surface area contributed by atoms with Crippen molar-refractivity contribution in [1.29, 1.82) is 0 Å². The number of rotatable bonds is 5. The Morgan fingerprint density at radius 2 is 2.00 bits per heavy atom. The molecular weight excluding hydrogens is 352 g/mol. The van der Waals surface area contributed by atoms with Gasteiger partial charge in [-0.2, -0.15) is 4.98 Å². The van der Waals surface area contributed by atoms with E-state index >= 15 is 0 Å². The summed E-state index contributed by atoms with van der Waals surface area (Å²) < 4.78 is 11.3. The zero-order chi connectivity index (χ0) is 17.1. The van der Waals surface area contributed by atoms with Crippen molar-refractivity contribution >= 4 is 12.4 Å². The summed E-state index contributed by atoms with van der Waals surface area (Å²) in [7, 11) is 2.09. The van der Waals surface area contributed by atoms with Crippen molar-refractivity contribution in [3.63, 3.8) is 0 Å². The molecule has 26 heavy (non-hydrogen) atoms. The lowest BCUT2D eigenvalue weighted by molar-refractivity contribution is 0.190. The van der Waals surface area contributed by atoms with E-state index in [-0.39, 0.29) is 18.4 Å². The van der Waals surface area contributed by atoms with Crippen molar-refractivity contribution in [2.24, 2.45) is 0 Å². The second kappa shape index (κ2) is 8.49. The van der Waals surface area contributed by atoms with Crippen LogP contribution in [0.1, 0.15) is 23.5 Å². The predicted molar refractivity (Wildman–Crippen MR) is 101 cm³/mol. The molecule has 1 atom stereocenters. The van der Waals surface area contributed by atoms with Gasteiger partial charge < -0.3 is 14.3 Å². The Morgan fingerprint density at radius 3 is 2.81 bits per heavy atom. The lowest BCUT2D eigenvalue weighted by Gasteiger charge is -2.30. The van der Waals surface area contributed by atoms with E-state index in [2.05, 4.69) is 27.4 Å². The van der Waals surface area contributed by atoms with Crippen LogP contribution < -0.4 is 5.32 Å². The van der Waals surface area contributed by atoms with Crippen LogP contribution in [0.4, 0.5) is 0 Å². The minimum absolute atomic E-state index is 0. The summed E-state index contributed by atoms with van der Waals surface area (Å²) in [6.07, 6.45) is 1.42. The largest absolute Gasteiger partial charge is 0.461 e. The monoisotopic (exact) mass is 374 g/mol. The van der Waals surface area contributed by atoms with E-state index in [0.29, 0.717) is 12.3 Å². The first kappa shape index (κ1) is 18.6. The minimum Gasteiger partial charge on any atom is -0.461 e. The molecule has 1 aromatic carbocycles. The first-order valence-electron chi connectivity index (χ1n) is 8.67. The average Bonchev–Trinajstić information content (AvgIpc) is 3.31. The van der Waals surface area contributed by atoms with Gasteiger partial charge >= 0.3 is 0 Å². The maximum Gasteiger partial charge on any atom is 0.227 e. The third kappa shape index (κ3) is 4.15. The smallest absolute Gasteiger partial charge is 0.227 e. The van der Waals surface area contributed by atoms with Crippen LogP contribution in [-0.2, 0) is 12.8 Å². The van der Waals surface area contributed by atoms with Crippen LogP contribution in [0.2, 0.25) is 0 Å². The van der Waals surface area contributed by atoms with Crippen LogP contribution in [0, 0.1) is 0 Å². The van der Waals surface area contributed by atoms with E-state index < -0.39 is 0 Å². The van der Waals surface area contributed by atoms with Crippen LogP contribution in [0.5, 0.6) is 0 Å². The Hall–Kier alpha value is -2.15. The number of benzene rings is 1. The summed E-state index contributed by atoms with van der Waals surface area (Å²) in [5, 5.41) is 7.53. The molecule has 2 aromatic heterocycles. The number of furan rings is 1. The SMILES string of the molecule is CN1CCNCC1c1noc(CCc2ccc(-c3ccccc3)o2)n1.Cl. The summed E-state index contributed by atoms with van der Waals surface area (Å²) in [5.41, 5.74) is 1.08. The van der Waals surface area contributed by atoms with Crippen LogP contribution in [0.25, 0.3) is 11.3 Å². The second-order valence-corrected chi connectivity index (χ2v) is 6.38. The van der Waals surface area contributed by atoms with Gasteiger partial charge in [-0.15, -0.1) is 12.4 Å². The summed E-state index contributed by atoms with van der Waals surface area (Å²) in [5.74, 6) is 3.23. The maximum absolute atomic E-state index is 5.92. The molecule has 1 aliphatic rings. The van der Waals surface area contributed by atoms with E-state index in [0.717, 1.165) is 49.0 Å². The quantitative estimate of drug-likeness (QED) is 0.740. The molecule has 1 N–H and O–H groups in total. The molecule has 138 valence electrons. The Bertz CT molecular complexity index is 818. The van der Waals surface area contributed by atoms with Gasteiger partial charge in [0.05, 0.1) is 6.04 Å². The van der Waals surface area contributed by atoms with E-state index in [1.54, 1.807) is 0 Å². The highest BCUT2D eigenvalue weighted by Crippen LogP contribution is 2.23. The molecule has 1 aliphatic heterocycles. The Labute approximate surface area is 159 Å². The molecule has 1 fully saturated rings. The van der Waals surface area contributed by atoms with E-state index in [4.69, 9.17) is 8.94 Å². The fourth-order valence-electron chi connectivity index (χ4n) is 3.10. The summed E-state index contributed by atoms with van der Waals surface area (Å²) in [4.78, 5) is 6.82. The van der Waals surface area contributed by atoms with Crippen LogP contribution in [0.3, 0.4) is 0 Å². The molecule has 7 heteroatoms. The van der Waals surface area contributed by atoms with Gasteiger partial charge in [0.1, 0.15) is 11.5 Å². The van der Waals surface area contributed by atoms with Crippen molar-refractivity contribution in [3.05, 3.63) is 59.9 Å². The molecule has 0 amide bonds. The Morgan fingerprint density at radius 1 is 1.15 bits per heavy atom. The molecule has 1 saturated heterocycles. The molecular formula is C19H23ClN4O2. The van der Waals surface area contributed by atoms with Crippen molar-refractivity contribution in [2.75, 3.05) is 26.7 Å². The van der Waals surface area contributed by atoms with Crippen LogP contribution in [0.15, 0.2) is 51.4 Å². The lowest BCUT2D eigenvalue weighted by atomic mass is 10.2. The minimum atomic E-state index is 0. The van der Waals surface area contributed by atoms with Crippen molar-refractivity contribution in [2.45, 2.75) is 18.9 Å². The molecule has 3 aromatic rings. The number of halogens is 1. The highest BCUT2D eigenvalue weighted by molar-refractivity contribution is 5.85. The molecule has 0 saturated carbocycles. The normalized spacial score (nSPS) is 17.8. The van der Waals surface area contributed by atoms with Gasteiger partial charge in [-0.25, -0.2) is 0 Å². The number of nitrogens with zero attached hydrogens (tertiary/aromatic N) is 3. The molecule has 0 spiro atoms. The van der Waals surface area contributed by atoms with Gasteiger partial charge in [-0.3, -0.25) is 4.90 Å². The topological polar surface area (TPSA) is 67.3 Å². The molecule has 0 bridgehead atoms. The molecule has 0 radical (unpaired) electrons. The summed E-state index contributed by atoms with van der Waals surface area (Å²) in [6, 6.07) is 14.3. The third-order valence-corrected chi connectivity index (χ3v) is 4.60. The van der Waals surface area contributed by atoms with Crippen LogP contribution >= 0.6 is 12.4 Å². The van der Waals surface area contributed by atoms with Crippen LogP contribution in [-0.4, -0.2) is 41.7 Å². The standard InChI is InChI=1S/C19H22N4O2.ClH/c1-23-12-11-20-13-16(23)19-21-18(25-22-19)10-8-15-7-9-17(24-15)14-5-3-2-4-6-14;/h2-7,9,16,20H,8,10-13H2,1H3;1H. The van der Waals surface area contributed by atoms with Crippen molar-refractivity contribution < 1.29 is 8.94 Å². The molecule has 0 aliphatic carbocycles. The number of likely N-dealkylation sites (N-methyl/N-ethyl adjacent to an activating group) is 1. The third-order valence-electron chi connectivity index (χ3n) is 4.60. The number of nitrogens with one attached hydrogen (secondary N) is 1. The fourth-order valence-corrected chi connectivity index (χ4v) is 3.10. The average molecular weight is 375 g/mol. The number of aryl methyl sites for hydroxylation is 2. The first-order chi connectivity index (χ1) is 12.3. The van der Waals surface area contributed by atoms with Gasteiger partial charge in [0.25, 0.3) is 0 Å². The first-order valence-corrected chi connectivity index (χ1v) is 8.67. The Kier molecular flexibility index (Phi) is 6.08. The Balaban J connectivity index is 0.00000196. The number of aromatic nitrogens is 2. The molecule has 3 heterocycles. The van der Waals surface area contributed by atoms with Crippen molar-refractivity contribution in [3.8, 4) is 11.3 Å².